The topological polar surface area (TPSA) is 71.0 Å². The van der Waals surface area contributed by atoms with Gasteiger partial charge in [-0.05, 0) is 26.8 Å². The zero-order valence-corrected chi connectivity index (χ0v) is 14.9. The van der Waals surface area contributed by atoms with Crippen LogP contribution < -0.4 is 5.32 Å². The first kappa shape index (κ1) is 17.8. The summed E-state index contributed by atoms with van der Waals surface area (Å²) in [7, 11) is 0. The summed E-state index contributed by atoms with van der Waals surface area (Å²) in [5.74, 6) is 0.620. The summed E-state index contributed by atoms with van der Waals surface area (Å²) in [5, 5.41) is 4.08. The zero-order chi connectivity index (χ0) is 15.7. The number of thiazole rings is 1. The molecule has 0 bridgehead atoms. The van der Waals surface area contributed by atoms with E-state index in [1.165, 1.54) is 11.3 Å². The molecule has 3 rings (SSSR count). The SMILES string of the molecule is Cc1nc(-c2ncccn2)sc1C(=O)N1CCNC(C)C1C.Cl. The summed E-state index contributed by atoms with van der Waals surface area (Å²) in [4.78, 5) is 28.3. The number of rotatable bonds is 2. The maximum Gasteiger partial charge on any atom is 0.266 e. The highest BCUT2D eigenvalue weighted by atomic mass is 35.5. The van der Waals surface area contributed by atoms with Crippen LogP contribution in [-0.4, -0.2) is 50.9 Å². The lowest BCUT2D eigenvalue weighted by Gasteiger charge is -2.38. The van der Waals surface area contributed by atoms with Gasteiger partial charge in [-0.1, -0.05) is 0 Å². The number of carbonyl (C=O) groups is 1. The summed E-state index contributed by atoms with van der Waals surface area (Å²) in [5.41, 5.74) is 0.746. The molecule has 2 atom stereocenters. The van der Waals surface area contributed by atoms with Crippen molar-refractivity contribution in [2.75, 3.05) is 13.1 Å². The standard InChI is InChI=1S/C15H19N5OS.ClH/c1-9-11(3)20(8-7-16-9)15(21)12-10(2)19-14(22-12)13-17-5-4-6-18-13;/h4-6,9,11,16H,7-8H2,1-3H3;1H. The van der Waals surface area contributed by atoms with Gasteiger partial charge in [0.15, 0.2) is 10.8 Å². The van der Waals surface area contributed by atoms with Crippen LogP contribution in [0.1, 0.15) is 29.2 Å². The highest BCUT2D eigenvalue weighted by Gasteiger charge is 2.31. The molecule has 2 aromatic rings. The second kappa shape index (κ2) is 7.33. The van der Waals surface area contributed by atoms with Crippen LogP contribution in [0.25, 0.3) is 10.8 Å². The van der Waals surface area contributed by atoms with Gasteiger partial charge < -0.3 is 10.2 Å². The molecule has 0 aromatic carbocycles. The molecule has 2 unspecified atom stereocenters. The van der Waals surface area contributed by atoms with Crippen LogP contribution in [0.15, 0.2) is 18.5 Å². The molecule has 2 aromatic heterocycles. The molecule has 1 N–H and O–H groups in total. The summed E-state index contributed by atoms with van der Waals surface area (Å²) in [6.45, 7) is 7.59. The van der Waals surface area contributed by atoms with Crippen molar-refractivity contribution in [2.24, 2.45) is 0 Å². The number of hydrogen-bond acceptors (Lipinski definition) is 6. The first-order chi connectivity index (χ1) is 10.6. The summed E-state index contributed by atoms with van der Waals surface area (Å²) < 4.78 is 0. The molecule has 1 aliphatic rings. The van der Waals surface area contributed by atoms with Crippen LogP contribution in [0, 0.1) is 6.92 Å². The molecular formula is C15H20ClN5OS. The van der Waals surface area contributed by atoms with Gasteiger partial charge in [-0.2, -0.15) is 0 Å². The summed E-state index contributed by atoms with van der Waals surface area (Å²) in [6, 6.07) is 2.22. The van der Waals surface area contributed by atoms with Crippen molar-refractivity contribution in [3.05, 3.63) is 29.0 Å². The lowest BCUT2D eigenvalue weighted by molar-refractivity contribution is 0.0607. The van der Waals surface area contributed by atoms with E-state index in [-0.39, 0.29) is 24.4 Å². The van der Waals surface area contributed by atoms with Crippen molar-refractivity contribution in [1.29, 1.82) is 0 Å². The van der Waals surface area contributed by atoms with E-state index in [0.717, 1.165) is 18.8 Å². The van der Waals surface area contributed by atoms with Crippen LogP contribution in [0.2, 0.25) is 0 Å². The van der Waals surface area contributed by atoms with Gasteiger partial charge in [-0.25, -0.2) is 15.0 Å². The van der Waals surface area contributed by atoms with Gasteiger partial charge in [-0.15, -0.1) is 23.7 Å². The number of piperazine rings is 1. The smallest absolute Gasteiger partial charge is 0.266 e. The van der Waals surface area contributed by atoms with E-state index < -0.39 is 0 Å². The van der Waals surface area contributed by atoms with E-state index in [2.05, 4.69) is 34.1 Å². The van der Waals surface area contributed by atoms with Gasteiger partial charge >= 0.3 is 0 Å². The molecule has 23 heavy (non-hydrogen) atoms. The van der Waals surface area contributed by atoms with E-state index in [4.69, 9.17) is 0 Å². The van der Waals surface area contributed by atoms with E-state index in [0.29, 0.717) is 21.8 Å². The second-order valence-electron chi connectivity index (χ2n) is 5.49. The Morgan fingerprint density at radius 2 is 2.04 bits per heavy atom. The molecule has 0 spiro atoms. The molecule has 124 valence electrons. The van der Waals surface area contributed by atoms with Crippen LogP contribution in [0.3, 0.4) is 0 Å². The molecule has 1 saturated heterocycles. The third kappa shape index (κ3) is 3.52. The molecule has 1 fully saturated rings. The number of hydrogen-bond donors (Lipinski definition) is 1. The maximum atomic E-state index is 12.8. The van der Waals surface area contributed by atoms with Gasteiger partial charge in [-0.3, -0.25) is 4.79 Å². The van der Waals surface area contributed by atoms with Crippen LogP contribution >= 0.6 is 23.7 Å². The number of aromatic nitrogens is 3. The minimum Gasteiger partial charge on any atom is -0.332 e. The molecule has 0 saturated carbocycles. The van der Waals surface area contributed by atoms with Crippen molar-refractivity contribution in [1.82, 2.24) is 25.2 Å². The largest absolute Gasteiger partial charge is 0.332 e. The molecule has 3 heterocycles. The molecule has 1 amide bonds. The Bertz CT molecular complexity index is 678. The Morgan fingerprint density at radius 1 is 1.35 bits per heavy atom. The average Bonchev–Trinajstić information content (AvgIpc) is 2.92. The van der Waals surface area contributed by atoms with Crippen LogP contribution in [0.5, 0.6) is 0 Å². The van der Waals surface area contributed by atoms with Crippen molar-refractivity contribution in [3.63, 3.8) is 0 Å². The van der Waals surface area contributed by atoms with Crippen molar-refractivity contribution in [2.45, 2.75) is 32.9 Å². The van der Waals surface area contributed by atoms with E-state index in [1.54, 1.807) is 18.5 Å². The predicted octanol–water partition coefficient (Wildman–Crippen LogP) is 2.15. The second-order valence-corrected chi connectivity index (χ2v) is 6.49. The van der Waals surface area contributed by atoms with Gasteiger partial charge in [0.2, 0.25) is 0 Å². The first-order valence-electron chi connectivity index (χ1n) is 7.37. The number of carbonyl (C=O) groups excluding carboxylic acids is 1. The lowest BCUT2D eigenvalue weighted by atomic mass is 10.1. The lowest BCUT2D eigenvalue weighted by Crippen LogP contribution is -2.57. The highest BCUT2D eigenvalue weighted by Crippen LogP contribution is 2.27. The van der Waals surface area contributed by atoms with E-state index >= 15 is 0 Å². The highest BCUT2D eigenvalue weighted by molar-refractivity contribution is 7.17. The van der Waals surface area contributed by atoms with Crippen molar-refractivity contribution < 1.29 is 4.79 Å². The fourth-order valence-electron chi connectivity index (χ4n) is 2.57. The van der Waals surface area contributed by atoms with Crippen molar-refractivity contribution in [3.8, 4) is 10.8 Å². The molecular weight excluding hydrogens is 334 g/mol. The van der Waals surface area contributed by atoms with Crippen molar-refractivity contribution >= 4 is 29.7 Å². The van der Waals surface area contributed by atoms with Gasteiger partial charge in [0, 0.05) is 37.6 Å². The van der Waals surface area contributed by atoms with Crippen LogP contribution in [-0.2, 0) is 0 Å². The van der Waals surface area contributed by atoms with E-state index in [1.807, 2.05) is 11.8 Å². The Kier molecular flexibility index (Phi) is 5.67. The number of aryl methyl sites for hydroxylation is 1. The minimum atomic E-state index is 0. The molecule has 1 aliphatic heterocycles. The molecule has 0 radical (unpaired) electrons. The third-order valence-corrected chi connectivity index (χ3v) is 5.18. The molecule has 6 nitrogen and oxygen atoms in total. The first-order valence-corrected chi connectivity index (χ1v) is 8.18. The fraction of sp³-hybridized carbons (Fsp3) is 0.467. The average molecular weight is 354 g/mol. The van der Waals surface area contributed by atoms with Crippen LogP contribution in [0.4, 0.5) is 0 Å². The summed E-state index contributed by atoms with van der Waals surface area (Å²) >= 11 is 1.37. The minimum absolute atomic E-state index is 0. The Hall–Kier alpha value is -1.57. The normalized spacial score (nSPS) is 20.9. The van der Waals surface area contributed by atoms with Gasteiger partial charge in [0.05, 0.1) is 5.69 Å². The number of nitrogens with zero attached hydrogens (tertiary/aromatic N) is 4. The maximum absolute atomic E-state index is 12.8. The molecule has 8 heteroatoms. The Labute approximate surface area is 145 Å². The quantitative estimate of drug-likeness (QED) is 0.895. The zero-order valence-electron chi connectivity index (χ0n) is 13.3. The molecule has 0 aliphatic carbocycles. The Morgan fingerprint density at radius 3 is 2.74 bits per heavy atom. The fourth-order valence-corrected chi connectivity index (χ4v) is 3.54. The van der Waals surface area contributed by atoms with E-state index in [9.17, 15) is 4.79 Å². The number of amides is 1. The van der Waals surface area contributed by atoms with Gasteiger partial charge in [0.25, 0.3) is 5.91 Å². The number of nitrogens with one attached hydrogen (secondary N) is 1. The van der Waals surface area contributed by atoms with Gasteiger partial charge in [0.1, 0.15) is 4.88 Å². The third-order valence-electron chi connectivity index (χ3n) is 4.04. The Balaban J connectivity index is 0.00000192. The monoisotopic (exact) mass is 353 g/mol. The summed E-state index contributed by atoms with van der Waals surface area (Å²) in [6.07, 6.45) is 3.36. The number of halogens is 1. The predicted molar refractivity (Wildman–Crippen MR) is 93.1 cm³/mol.